The Bertz CT molecular complexity index is 146. The molecule has 0 unspecified atom stereocenters. The number of rotatable bonds is 13. The summed E-state index contributed by atoms with van der Waals surface area (Å²) < 4.78 is 0. The Kier molecular flexibility index (Phi) is 15.5. The second-order valence-corrected chi connectivity index (χ2v) is 5.04. The molecule has 0 bridgehead atoms. The van der Waals surface area contributed by atoms with Gasteiger partial charge in [-0.3, -0.25) is 0 Å². The van der Waals surface area contributed by atoms with E-state index in [1.54, 1.807) is 0 Å². The average Bonchev–Trinajstić information content (AvgIpc) is 2.35. The van der Waals surface area contributed by atoms with Gasteiger partial charge < -0.3 is 0 Å². The van der Waals surface area contributed by atoms with Crippen molar-refractivity contribution >= 4 is 0 Å². The Morgan fingerprint density at radius 2 is 1.18 bits per heavy atom. The first-order valence-corrected chi connectivity index (χ1v) is 7.90. The number of unbranched alkanes of at least 4 members (excludes halogenated alkanes) is 11. The van der Waals surface area contributed by atoms with Gasteiger partial charge >= 0.3 is 0 Å². The molecule has 0 heterocycles. The standard InChI is InChI=1S/C17H33/c1-3-5-7-9-11-13-15-17-16-14-12-10-8-6-4-2/h5,7,9H,3-4,6,8,10-17H2,1-2H3. The fourth-order valence-corrected chi connectivity index (χ4v) is 2.08. The van der Waals surface area contributed by atoms with Gasteiger partial charge in [-0.05, 0) is 25.7 Å². The van der Waals surface area contributed by atoms with Gasteiger partial charge in [-0.15, -0.1) is 0 Å². The first-order chi connectivity index (χ1) is 8.41. The lowest BCUT2D eigenvalue weighted by Crippen LogP contribution is -1.81. The first kappa shape index (κ1) is 16.7. The highest BCUT2D eigenvalue weighted by Gasteiger charge is 1.91. The van der Waals surface area contributed by atoms with Crippen molar-refractivity contribution in [1.29, 1.82) is 0 Å². The van der Waals surface area contributed by atoms with Crippen LogP contribution in [-0.4, -0.2) is 0 Å². The Morgan fingerprint density at radius 1 is 0.647 bits per heavy atom. The Hall–Kier alpha value is -0.260. The van der Waals surface area contributed by atoms with Crippen molar-refractivity contribution in [3.63, 3.8) is 0 Å². The van der Waals surface area contributed by atoms with Crippen LogP contribution < -0.4 is 0 Å². The molecule has 1 radical (unpaired) electrons. The van der Waals surface area contributed by atoms with Gasteiger partial charge in [0.2, 0.25) is 0 Å². The van der Waals surface area contributed by atoms with E-state index in [2.05, 4.69) is 32.4 Å². The van der Waals surface area contributed by atoms with Crippen molar-refractivity contribution in [2.45, 2.75) is 90.9 Å². The van der Waals surface area contributed by atoms with Crippen LogP contribution in [0.25, 0.3) is 0 Å². The largest absolute Gasteiger partial charge is 0.0882 e. The molecule has 17 heavy (non-hydrogen) atoms. The third kappa shape index (κ3) is 15.7. The topological polar surface area (TPSA) is 0 Å². The first-order valence-electron chi connectivity index (χ1n) is 7.90. The van der Waals surface area contributed by atoms with E-state index >= 15 is 0 Å². The fraction of sp³-hybridized carbons (Fsp3) is 0.824. The second-order valence-electron chi connectivity index (χ2n) is 5.04. The highest BCUT2D eigenvalue weighted by molar-refractivity contribution is 4.93. The molecule has 0 amide bonds. The van der Waals surface area contributed by atoms with Crippen LogP contribution in [0, 0.1) is 6.42 Å². The monoisotopic (exact) mass is 237 g/mol. The molecule has 0 saturated heterocycles. The molecular formula is C17H33. The zero-order chi connectivity index (χ0) is 12.6. The molecule has 0 saturated carbocycles. The SMILES string of the molecule is CC[CH]C=CCCCCCCCCCCCC. The Labute approximate surface area is 110 Å². The molecule has 0 aromatic rings. The lowest BCUT2D eigenvalue weighted by molar-refractivity contribution is 0.557. The minimum Gasteiger partial charge on any atom is -0.0882 e. The van der Waals surface area contributed by atoms with E-state index < -0.39 is 0 Å². The van der Waals surface area contributed by atoms with Crippen LogP contribution in [-0.2, 0) is 0 Å². The summed E-state index contributed by atoms with van der Waals surface area (Å²) in [6, 6.07) is 0. The lowest BCUT2D eigenvalue weighted by Gasteiger charge is -2.01. The molecule has 101 valence electrons. The van der Waals surface area contributed by atoms with E-state index in [0.29, 0.717) is 0 Å². The predicted octanol–water partition coefficient (Wildman–Crippen LogP) is 6.47. The zero-order valence-electron chi connectivity index (χ0n) is 12.2. The van der Waals surface area contributed by atoms with E-state index in [1.807, 2.05) is 0 Å². The summed E-state index contributed by atoms with van der Waals surface area (Å²) in [6.45, 7) is 4.47. The smallest absolute Gasteiger partial charge is 0.0173 e. The second kappa shape index (κ2) is 15.7. The van der Waals surface area contributed by atoms with Crippen LogP contribution in [0.15, 0.2) is 12.2 Å². The highest BCUT2D eigenvalue weighted by atomic mass is 14.0. The van der Waals surface area contributed by atoms with Crippen molar-refractivity contribution in [3.8, 4) is 0 Å². The number of hydrogen-bond donors (Lipinski definition) is 0. The van der Waals surface area contributed by atoms with Crippen LogP contribution in [0.4, 0.5) is 0 Å². The van der Waals surface area contributed by atoms with E-state index in [-0.39, 0.29) is 0 Å². The molecule has 0 heteroatoms. The normalized spacial score (nSPS) is 11.4. The molecule has 0 aliphatic heterocycles. The van der Waals surface area contributed by atoms with Crippen molar-refractivity contribution in [2.24, 2.45) is 0 Å². The zero-order valence-corrected chi connectivity index (χ0v) is 12.2. The molecule has 0 N–H and O–H groups in total. The van der Waals surface area contributed by atoms with E-state index in [1.165, 1.54) is 70.6 Å². The molecular weight excluding hydrogens is 204 g/mol. The highest BCUT2D eigenvalue weighted by Crippen LogP contribution is 2.11. The quantitative estimate of drug-likeness (QED) is 0.322. The lowest BCUT2D eigenvalue weighted by atomic mass is 10.1. The Morgan fingerprint density at radius 3 is 1.71 bits per heavy atom. The maximum Gasteiger partial charge on any atom is -0.0173 e. The average molecular weight is 237 g/mol. The van der Waals surface area contributed by atoms with Gasteiger partial charge in [-0.2, -0.15) is 0 Å². The summed E-state index contributed by atoms with van der Waals surface area (Å²) in [5.41, 5.74) is 0. The molecule has 0 fully saturated rings. The van der Waals surface area contributed by atoms with Crippen molar-refractivity contribution in [1.82, 2.24) is 0 Å². The summed E-state index contributed by atoms with van der Waals surface area (Å²) in [4.78, 5) is 0. The van der Waals surface area contributed by atoms with Gasteiger partial charge in [-0.25, -0.2) is 0 Å². The van der Waals surface area contributed by atoms with Gasteiger partial charge in [0.1, 0.15) is 0 Å². The molecule has 0 spiro atoms. The maximum atomic E-state index is 2.31. The minimum absolute atomic E-state index is 1.16. The minimum atomic E-state index is 1.16. The fourth-order valence-electron chi connectivity index (χ4n) is 2.08. The van der Waals surface area contributed by atoms with Gasteiger partial charge in [0.05, 0.1) is 0 Å². The number of hydrogen-bond acceptors (Lipinski definition) is 0. The van der Waals surface area contributed by atoms with Crippen LogP contribution in [0.1, 0.15) is 90.9 Å². The molecule has 0 nitrogen and oxygen atoms in total. The van der Waals surface area contributed by atoms with Crippen LogP contribution in [0.2, 0.25) is 0 Å². The summed E-state index contributed by atoms with van der Waals surface area (Å²) in [6.07, 6.45) is 23.5. The molecule has 0 aliphatic carbocycles. The van der Waals surface area contributed by atoms with Gasteiger partial charge in [-0.1, -0.05) is 83.8 Å². The summed E-state index contributed by atoms with van der Waals surface area (Å²) >= 11 is 0. The van der Waals surface area contributed by atoms with E-state index in [9.17, 15) is 0 Å². The number of allylic oxidation sites excluding steroid dienone is 2. The van der Waals surface area contributed by atoms with Crippen molar-refractivity contribution in [3.05, 3.63) is 18.6 Å². The predicted molar refractivity (Wildman–Crippen MR) is 80.2 cm³/mol. The van der Waals surface area contributed by atoms with Gasteiger partial charge in [0, 0.05) is 0 Å². The summed E-state index contributed by atoms with van der Waals surface area (Å²) in [5.74, 6) is 0. The molecule has 0 rings (SSSR count). The molecule has 0 aliphatic rings. The van der Waals surface area contributed by atoms with Crippen LogP contribution >= 0.6 is 0 Å². The van der Waals surface area contributed by atoms with Gasteiger partial charge in [0.15, 0.2) is 0 Å². The van der Waals surface area contributed by atoms with Crippen molar-refractivity contribution in [2.75, 3.05) is 0 Å². The van der Waals surface area contributed by atoms with Crippen LogP contribution in [0.5, 0.6) is 0 Å². The van der Waals surface area contributed by atoms with E-state index in [0.717, 1.165) is 6.42 Å². The van der Waals surface area contributed by atoms with Crippen LogP contribution in [0.3, 0.4) is 0 Å². The Balaban J connectivity index is 2.94. The van der Waals surface area contributed by atoms with Crippen molar-refractivity contribution < 1.29 is 0 Å². The maximum absolute atomic E-state index is 2.31. The van der Waals surface area contributed by atoms with E-state index in [4.69, 9.17) is 0 Å². The summed E-state index contributed by atoms with van der Waals surface area (Å²) in [7, 11) is 0. The van der Waals surface area contributed by atoms with Gasteiger partial charge in [0.25, 0.3) is 0 Å². The molecule has 0 atom stereocenters. The third-order valence-electron chi connectivity index (χ3n) is 3.23. The third-order valence-corrected chi connectivity index (χ3v) is 3.23. The molecule has 0 aromatic heterocycles. The molecule has 0 aromatic carbocycles. The summed E-state index contributed by atoms with van der Waals surface area (Å²) in [5, 5.41) is 0.